The number of aromatic nitrogens is 2. The Hall–Kier alpha value is -2.37. The first-order valence-corrected chi connectivity index (χ1v) is 7.50. The summed E-state index contributed by atoms with van der Waals surface area (Å²) in [6.45, 7) is 7.68. The predicted molar refractivity (Wildman–Crippen MR) is 87.3 cm³/mol. The second-order valence-corrected chi connectivity index (χ2v) is 5.76. The molecule has 0 bridgehead atoms. The van der Waals surface area contributed by atoms with Crippen molar-refractivity contribution in [2.24, 2.45) is 0 Å². The topological polar surface area (TPSA) is 47.4 Å². The van der Waals surface area contributed by atoms with Gasteiger partial charge >= 0.3 is 0 Å². The van der Waals surface area contributed by atoms with E-state index in [9.17, 15) is 9.18 Å². The Labute approximate surface area is 135 Å². The summed E-state index contributed by atoms with van der Waals surface area (Å²) in [4.78, 5) is 14.3. The quantitative estimate of drug-likeness (QED) is 0.851. The maximum atomic E-state index is 14.0. The molecule has 0 fully saturated rings. The van der Waals surface area contributed by atoms with Gasteiger partial charge in [-0.15, -0.1) is 0 Å². The van der Waals surface area contributed by atoms with Gasteiger partial charge < -0.3 is 9.64 Å². The molecule has 0 aliphatic heterocycles. The lowest BCUT2D eigenvalue weighted by atomic mass is 10.2. The van der Waals surface area contributed by atoms with Crippen molar-refractivity contribution in [3.63, 3.8) is 0 Å². The van der Waals surface area contributed by atoms with E-state index in [0.29, 0.717) is 5.69 Å². The maximum Gasteiger partial charge on any atom is 0.248 e. The van der Waals surface area contributed by atoms with E-state index in [0.717, 1.165) is 11.4 Å². The molecule has 23 heavy (non-hydrogen) atoms. The third-order valence-electron chi connectivity index (χ3n) is 3.59. The SMILES string of the molecule is COc1ccc(N(C(=O)Cn2nc(C)cc2C)C(C)C)cc1F. The average Bonchev–Trinajstić information content (AvgIpc) is 2.76. The first kappa shape index (κ1) is 17.0. The van der Waals surface area contributed by atoms with E-state index in [1.807, 2.05) is 33.8 Å². The van der Waals surface area contributed by atoms with E-state index in [2.05, 4.69) is 5.10 Å². The number of hydrogen-bond acceptors (Lipinski definition) is 3. The van der Waals surface area contributed by atoms with Gasteiger partial charge in [-0.2, -0.15) is 5.10 Å². The Balaban J connectivity index is 2.29. The summed E-state index contributed by atoms with van der Waals surface area (Å²) in [5, 5.41) is 4.31. The number of aryl methyl sites for hydroxylation is 2. The fourth-order valence-electron chi connectivity index (χ4n) is 2.57. The van der Waals surface area contributed by atoms with Gasteiger partial charge in [0, 0.05) is 23.5 Å². The highest BCUT2D eigenvalue weighted by atomic mass is 19.1. The second-order valence-electron chi connectivity index (χ2n) is 5.76. The Morgan fingerprint density at radius 1 is 1.35 bits per heavy atom. The Morgan fingerprint density at radius 2 is 2.04 bits per heavy atom. The highest BCUT2D eigenvalue weighted by Gasteiger charge is 2.21. The van der Waals surface area contributed by atoms with Crippen LogP contribution in [0.3, 0.4) is 0 Å². The molecule has 0 saturated carbocycles. The molecule has 6 heteroatoms. The molecular weight excluding hydrogens is 297 g/mol. The smallest absolute Gasteiger partial charge is 0.248 e. The zero-order valence-electron chi connectivity index (χ0n) is 14.1. The lowest BCUT2D eigenvalue weighted by Crippen LogP contribution is -2.39. The van der Waals surface area contributed by atoms with Crippen LogP contribution in [0.15, 0.2) is 24.3 Å². The standard InChI is InChI=1S/C17H22FN3O2/c1-11(2)21(14-6-7-16(23-5)15(18)9-14)17(22)10-20-13(4)8-12(3)19-20/h6-9,11H,10H2,1-5H3. The van der Waals surface area contributed by atoms with Crippen LogP contribution >= 0.6 is 0 Å². The number of carbonyl (C=O) groups is 1. The lowest BCUT2D eigenvalue weighted by Gasteiger charge is -2.27. The monoisotopic (exact) mass is 319 g/mol. The number of halogens is 1. The normalized spacial score (nSPS) is 10.9. The number of anilines is 1. The van der Waals surface area contributed by atoms with Crippen LogP contribution < -0.4 is 9.64 Å². The Morgan fingerprint density at radius 3 is 2.52 bits per heavy atom. The fraction of sp³-hybridized carbons (Fsp3) is 0.412. The van der Waals surface area contributed by atoms with Crippen molar-refractivity contribution in [3.05, 3.63) is 41.5 Å². The summed E-state index contributed by atoms with van der Waals surface area (Å²) >= 11 is 0. The summed E-state index contributed by atoms with van der Waals surface area (Å²) in [5.41, 5.74) is 2.28. The third-order valence-corrected chi connectivity index (χ3v) is 3.59. The molecule has 1 aromatic heterocycles. The molecule has 2 aromatic rings. The van der Waals surface area contributed by atoms with Crippen LogP contribution in [0.4, 0.5) is 10.1 Å². The number of methoxy groups -OCH3 is 1. The molecule has 2 rings (SSSR count). The first-order chi connectivity index (χ1) is 10.8. The molecule has 0 aliphatic rings. The first-order valence-electron chi connectivity index (χ1n) is 7.50. The van der Waals surface area contributed by atoms with E-state index < -0.39 is 5.82 Å². The zero-order valence-corrected chi connectivity index (χ0v) is 14.1. The molecule has 1 aromatic carbocycles. The maximum absolute atomic E-state index is 14.0. The second kappa shape index (κ2) is 6.81. The van der Waals surface area contributed by atoms with Crippen LogP contribution in [0.25, 0.3) is 0 Å². The van der Waals surface area contributed by atoms with Crippen LogP contribution in [0.2, 0.25) is 0 Å². The number of ether oxygens (including phenoxy) is 1. The van der Waals surface area contributed by atoms with E-state index in [1.54, 1.807) is 15.6 Å². The minimum atomic E-state index is -0.491. The van der Waals surface area contributed by atoms with Crippen LogP contribution in [-0.4, -0.2) is 28.8 Å². The fourth-order valence-corrected chi connectivity index (χ4v) is 2.57. The molecular formula is C17H22FN3O2. The van der Waals surface area contributed by atoms with Crippen molar-refractivity contribution < 1.29 is 13.9 Å². The van der Waals surface area contributed by atoms with Gasteiger partial charge in [-0.3, -0.25) is 9.48 Å². The third kappa shape index (κ3) is 3.70. The number of hydrogen-bond donors (Lipinski definition) is 0. The molecule has 5 nitrogen and oxygen atoms in total. The van der Waals surface area contributed by atoms with E-state index in [-0.39, 0.29) is 24.2 Å². The van der Waals surface area contributed by atoms with Crippen LogP contribution in [0.1, 0.15) is 25.2 Å². The van der Waals surface area contributed by atoms with Gasteiger partial charge in [0.15, 0.2) is 11.6 Å². The van der Waals surface area contributed by atoms with Crippen LogP contribution in [-0.2, 0) is 11.3 Å². The summed E-state index contributed by atoms with van der Waals surface area (Å²) in [6, 6.07) is 6.34. The molecule has 0 aliphatic carbocycles. The van der Waals surface area contributed by atoms with Crippen LogP contribution in [0.5, 0.6) is 5.75 Å². The minimum Gasteiger partial charge on any atom is -0.494 e. The van der Waals surface area contributed by atoms with E-state index in [1.165, 1.54) is 19.2 Å². The van der Waals surface area contributed by atoms with Gasteiger partial charge in [-0.05, 0) is 45.9 Å². The van der Waals surface area contributed by atoms with Gasteiger partial charge in [-0.1, -0.05) is 0 Å². The van der Waals surface area contributed by atoms with Crippen molar-refractivity contribution in [3.8, 4) is 5.75 Å². The number of amides is 1. The summed E-state index contributed by atoms with van der Waals surface area (Å²) in [6.07, 6.45) is 0. The number of rotatable bonds is 5. The summed E-state index contributed by atoms with van der Waals surface area (Å²) in [7, 11) is 1.41. The molecule has 0 spiro atoms. The highest BCUT2D eigenvalue weighted by molar-refractivity contribution is 5.93. The summed E-state index contributed by atoms with van der Waals surface area (Å²) < 4.78 is 20.5. The molecule has 0 unspecified atom stereocenters. The average molecular weight is 319 g/mol. The van der Waals surface area contributed by atoms with Crippen molar-refractivity contribution >= 4 is 11.6 Å². The molecule has 0 N–H and O–H groups in total. The molecule has 1 amide bonds. The van der Waals surface area contributed by atoms with Gasteiger partial charge in [0.05, 0.1) is 12.8 Å². The number of benzene rings is 1. The predicted octanol–water partition coefficient (Wildman–Crippen LogP) is 3.09. The largest absolute Gasteiger partial charge is 0.494 e. The van der Waals surface area contributed by atoms with Crippen molar-refractivity contribution in [2.75, 3.05) is 12.0 Å². The molecule has 1 heterocycles. The van der Waals surface area contributed by atoms with E-state index in [4.69, 9.17) is 4.74 Å². The molecule has 0 atom stereocenters. The number of carbonyl (C=O) groups excluding carboxylic acids is 1. The number of nitrogens with zero attached hydrogens (tertiary/aromatic N) is 3. The molecule has 0 radical (unpaired) electrons. The van der Waals surface area contributed by atoms with Gasteiger partial charge in [0.25, 0.3) is 0 Å². The Bertz CT molecular complexity index is 710. The molecule has 0 saturated heterocycles. The Kier molecular flexibility index (Phi) is 5.03. The van der Waals surface area contributed by atoms with Crippen molar-refractivity contribution in [2.45, 2.75) is 40.3 Å². The lowest BCUT2D eigenvalue weighted by molar-refractivity contribution is -0.119. The van der Waals surface area contributed by atoms with Crippen molar-refractivity contribution in [1.29, 1.82) is 0 Å². The summed E-state index contributed by atoms with van der Waals surface area (Å²) in [5.74, 6) is -0.478. The molecule has 124 valence electrons. The zero-order chi connectivity index (χ0) is 17.1. The van der Waals surface area contributed by atoms with Gasteiger partial charge in [-0.25, -0.2) is 4.39 Å². The van der Waals surface area contributed by atoms with Crippen LogP contribution in [0, 0.1) is 19.7 Å². The van der Waals surface area contributed by atoms with Gasteiger partial charge in [0.2, 0.25) is 5.91 Å². The van der Waals surface area contributed by atoms with Gasteiger partial charge in [0.1, 0.15) is 6.54 Å². The van der Waals surface area contributed by atoms with Crippen molar-refractivity contribution in [1.82, 2.24) is 9.78 Å². The van der Waals surface area contributed by atoms with E-state index >= 15 is 0 Å². The minimum absolute atomic E-state index is 0.104. The highest BCUT2D eigenvalue weighted by Crippen LogP contribution is 2.25.